The number of carbonyl (C=O) groups is 1. The molecule has 2 atom stereocenters. The Bertz CT molecular complexity index is 1000. The van der Waals surface area contributed by atoms with E-state index in [1.54, 1.807) is 12.1 Å². The maximum Gasteiger partial charge on any atom is 0.297 e. The highest BCUT2D eigenvalue weighted by molar-refractivity contribution is 7.86. The molecule has 3 rings (SSSR count). The summed E-state index contributed by atoms with van der Waals surface area (Å²) in [6.07, 6.45) is 0.435. The molecule has 0 aliphatic carbocycles. The number of hydrogen-bond donors (Lipinski definition) is 1. The van der Waals surface area contributed by atoms with E-state index in [9.17, 15) is 13.2 Å². The van der Waals surface area contributed by atoms with Crippen molar-refractivity contribution in [1.82, 2.24) is 5.32 Å². The fourth-order valence-corrected chi connectivity index (χ4v) is 5.25. The number of amides is 1. The molecule has 1 aromatic carbocycles. The Balaban J connectivity index is 1.93. The van der Waals surface area contributed by atoms with Gasteiger partial charge in [0.2, 0.25) is 5.91 Å². The van der Waals surface area contributed by atoms with Gasteiger partial charge in [-0.3, -0.25) is 8.98 Å². The molecule has 1 aliphatic rings. The number of rotatable bonds is 10. The molecule has 176 valence electrons. The number of hydrogen-bond acceptors (Lipinski definition) is 6. The summed E-state index contributed by atoms with van der Waals surface area (Å²) in [6, 6.07) is 7.33. The molecule has 0 radical (unpaired) electrons. The molecule has 7 nitrogen and oxygen atoms in total. The zero-order valence-electron chi connectivity index (χ0n) is 19.5. The highest BCUT2D eigenvalue weighted by atomic mass is 32.2. The molecule has 1 N–H and O–H groups in total. The lowest BCUT2D eigenvalue weighted by atomic mass is 9.89. The fourth-order valence-electron chi connectivity index (χ4n) is 3.66. The summed E-state index contributed by atoms with van der Waals surface area (Å²) in [7, 11) is -4.08. The van der Waals surface area contributed by atoms with Gasteiger partial charge in [-0.2, -0.15) is 8.42 Å². The number of β-lactam (4-membered cyclic amide) rings is 1. The zero-order valence-corrected chi connectivity index (χ0v) is 20.4. The molecule has 0 unspecified atom stereocenters. The van der Waals surface area contributed by atoms with Gasteiger partial charge in [-0.1, -0.05) is 53.7 Å². The van der Waals surface area contributed by atoms with Gasteiger partial charge in [0.05, 0.1) is 12.7 Å². The summed E-state index contributed by atoms with van der Waals surface area (Å²) >= 11 is 0. The minimum atomic E-state index is -4.08. The maximum absolute atomic E-state index is 13.5. The number of nitrogens with one attached hydrogen (secondary N) is 1. The largest absolute Gasteiger partial charge is 0.466 e. The van der Waals surface area contributed by atoms with Gasteiger partial charge in [0.1, 0.15) is 29.6 Å². The monoisotopic (exact) mass is 463 g/mol. The number of carbonyl (C=O) groups excluding carboxylic acids is 1. The topological polar surface area (TPSA) is 94.8 Å². The molecule has 8 heteroatoms. The molecule has 0 saturated carbocycles. The molecule has 1 aromatic heterocycles. The van der Waals surface area contributed by atoms with Crippen molar-refractivity contribution in [2.24, 2.45) is 0 Å². The van der Waals surface area contributed by atoms with Crippen LogP contribution in [-0.4, -0.2) is 27.2 Å². The first-order chi connectivity index (χ1) is 15.0. The third kappa shape index (κ3) is 5.42. The summed E-state index contributed by atoms with van der Waals surface area (Å²) in [5.74, 6) is 0.598. The number of furan rings is 1. The number of benzene rings is 1. The Labute approximate surface area is 190 Å². The van der Waals surface area contributed by atoms with Crippen molar-refractivity contribution >= 4 is 16.0 Å². The summed E-state index contributed by atoms with van der Waals surface area (Å²) in [5.41, 5.74) is 2.61. The second-order valence-electron chi connectivity index (χ2n) is 9.13. The third-order valence-corrected chi connectivity index (χ3v) is 7.00. The summed E-state index contributed by atoms with van der Waals surface area (Å²) < 4.78 is 43.8. The van der Waals surface area contributed by atoms with Gasteiger partial charge in [-0.25, -0.2) is 0 Å². The number of ether oxygens (including phenoxy) is 1. The first-order valence-electron chi connectivity index (χ1n) is 11.0. The molecule has 0 bridgehead atoms. The van der Waals surface area contributed by atoms with Gasteiger partial charge in [-0.15, -0.1) is 0 Å². The standard InChI is InChI=1S/C24H33NO6S/c1-14(2)17-10-18(15(3)4)24(19(11-17)16(5)6)32(27,28)30-13-21(20-8-7-9-29-20)31-23-12-22(26)25-23/h7-11,14-16,21,23H,12-13H2,1-6H3,(H,25,26)/t21-,23-/m0/s1. The SMILES string of the molecule is CC(C)c1cc(C(C)C)c(S(=O)(=O)OC[C@H](O[C@H]2CC(=O)N2)c2ccco2)c(C(C)C)c1. The van der Waals surface area contributed by atoms with Gasteiger partial charge >= 0.3 is 0 Å². The van der Waals surface area contributed by atoms with Crippen LogP contribution in [0.4, 0.5) is 0 Å². The third-order valence-electron chi connectivity index (χ3n) is 5.59. The van der Waals surface area contributed by atoms with Crippen LogP contribution in [0.25, 0.3) is 0 Å². The lowest BCUT2D eigenvalue weighted by Gasteiger charge is -2.30. The fraction of sp³-hybridized carbons (Fsp3) is 0.542. The Morgan fingerprint density at radius 3 is 2.09 bits per heavy atom. The van der Waals surface area contributed by atoms with Crippen LogP contribution in [0.3, 0.4) is 0 Å². The highest BCUT2D eigenvalue weighted by Gasteiger charge is 2.33. The normalized spacial score (nSPS) is 17.7. The zero-order chi connectivity index (χ0) is 23.6. The van der Waals surface area contributed by atoms with E-state index in [2.05, 4.69) is 19.2 Å². The van der Waals surface area contributed by atoms with Crippen LogP contribution in [0.2, 0.25) is 0 Å². The van der Waals surface area contributed by atoms with Crippen molar-refractivity contribution in [3.63, 3.8) is 0 Å². The van der Waals surface area contributed by atoms with E-state index < -0.39 is 22.4 Å². The van der Waals surface area contributed by atoms with Crippen LogP contribution in [0.1, 0.15) is 94.3 Å². The highest BCUT2D eigenvalue weighted by Crippen LogP contribution is 2.36. The Hall–Kier alpha value is -2.16. The molecular weight excluding hydrogens is 430 g/mol. The summed E-state index contributed by atoms with van der Waals surface area (Å²) in [4.78, 5) is 11.5. The Morgan fingerprint density at radius 2 is 1.66 bits per heavy atom. The Kier molecular flexibility index (Phi) is 7.47. The average molecular weight is 464 g/mol. The second kappa shape index (κ2) is 9.77. The molecule has 2 aromatic rings. The van der Waals surface area contributed by atoms with Crippen LogP contribution >= 0.6 is 0 Å². The molecule has 0 spiro atoms. The minimum Gasteiger partial charge on any atom is -0.466 e. The second-order valence-corrected chi connectivity index (χ2v) is 10.7. The van der Waals surface area contributed by atoms with Crippen molar-refractivity contribution in [3.8, 4) is 0 Å². The molecule has 1 amide bonds. The lowest BCUT2D eigenvalue weighted by Crippen LogP contribution is -2.50. The van der Waals surface area contributed by atoms with E-state index in [1.807, 2.05) is 39.8 Å². The van der Waals surface area contributed by atoms with Crippen LogP contribution in [0.5, 0.6) is 0 Å². The average Bonchev–Trinajstić information content (AvgIpc) is 3.22. The predicted molar refractivity (Wildman–Crippen MR) is 121 cm³/mol. The Morgan fingerprint density at radius 1 is 1.06 bits per heavy atom. The van der Waals surface area contributed by atoms with E-state index in [0.29, 0.717) is 5.76 Å². The van der Waals surface area contributed by atoms with Gasteiger partial charge in [0, 0.05) is 0 Å². The summed E-state index contributed by atoms with van der Waals surface area (Å²) in [5, 5.41) is 2.62. The molecular formula is C24H33NO6S. The first-order valence-corrected chi connectivity index (χ1v) is 12.5. The quantitative estimate of drug-likeness (QED) is 0.395. The van der Waals surface area contributed by atoms with Crippen molar-refractivity contribution in [2.75, 3.05) is 6.61 Å². The van der Waals surface area contributed by atoms with E-state index in [-0.39, 0.29) is 41.6 Å². The van der Waals surface area contributed by atoms with Crippen LogP contribution in [-0.2, 0) is 23.8 Å². The van der Waals surface area contributed by atoms with Gasteiger partial charge in [0.15, 0.2) is 0 Å². The van der Waals surface area contributed by atoms with Gasteiger partial charge < -0.3 is 14.5 Å². The molecule has 1 saturated heterocycles. The molecule has 32 heavy (non-hydrogen) atoms. The van der Waals surface area contributed by atoms with Crippen LogP contribution < -0.4 is 5.32 Å². The van der Waals surface area contributed by atoms with E-state index in [4.69, 9.17) is 13.3 Å². The van der Waals surface area contributed by atoms with E-state index in [0.717, 1.165) is 16.7 Å². The predicted octanol–water partition coefficient (Wildman–Crippen LogP) is 4.96. The van der Waals surface area contributed by atoms with Crippen LogP contribution in [0, 0.1) is 0 Å². The van der Waals surface area contributed by atoms with Crippen molar-refractivity contribution in [2.45, 2.75) is 82.9 Å². The van der Waals surface area contributed by atoms with E-state index in [1.165, 1.54) is 6.26 Å². The molecule has 1 fully saturated rings. The molecule has 1 aliphatic heterocycles. The maximum atomic E-state index is 13.5. The van der Waals surface area contributed by atoms with Crippen molar-refractivity contribution < 1.29 is 26.5 Å². The smallest absolute Gasteiger partial charge is 0.297 e. The van der Waals surface area contributed by atoms with Crippen molar-refractivity contribution in [3.05, 3.63) is 53.0 Å². The van der Waals surface area contributed by atoms with Crippen molar-refractivity contribution in [1.29, 1.82) is 0 Å². The van der Waals surface area contributed by atoms with E-state index >= 15 is 0 Å². The first kappa shape index (κ1) is 24.5. The van der Waals surface area contributed by atoms with Gasteiger partial charge in [-0.05, 0) is 46.6 Å². The lowest BCUT2D eigenvalue weighted by molar-refractivity contribution is -0.149. The minimum absolute atomic E-state index is 0.00174. The summed E-state index contributed by atoms with van der Waals surface area (Å²) in [6.45, 7) is 11.9. The van der Waals surface area contributed by atoms with Crippen LogP contribution in [0.15, 0.2) is 39.8 Å². The van der Waals surface area contributed by atoms with Gasteiger partial charge in [0.25, 0.3) is 10.1 Å². The molecule has 2 heterocycles.